The van der Waals surface area contributed by atoms with Gasteiger partial charge in [-0.05, 0) is 42.9 Å². The zero-order valence-electron chi connectivity index (χ0n) is 14.4. The number of hydrogen-bond donors (Lipinski definition) is 2. The normalized spacial score (nSPS) is 28.0. The number of rotatable bonds is 4. The molecule has 2 aliphatic rings. The average Bonchev–Trinajstić information content (AvgIpc) is 2.96. The van der Waals surface area contributed by atoms with Crippen LogP contribution in [-0.2, 0) is 4.79 Å². The molecule has 1 aromatic carbocycles. The monoisotopic (exact) mass is 368 g/mol. The first-order valence-electron chi connectivity index (χ1n) is 8.62. The molecule has 0 aromatic heterocycles. The van der Waals surface area contributed by atoms with Crippen LogP contribution in [0, 0.1) is 11.8 Å². The van der Waals surface area contributed by atoms with Crippen molar-refractivity contribution in [2.24, 2.45) is 11.8 Å². The Hall–Kier alpha value is -2.22. The molecule has 4 atom stereocenters. The molecule has 2 amide bonds. The topological polar surface area (TPSA) is 78.9 Å². The van der Waals surface area contributed by atoms with Crippen LogP contribution < -0.4 is 10.1 Å². The molecule has 0 unspecified atom stereocenters. The number of aliphatic hydroxyl groups excluding tert-OH is 1. The van der Waals surface area contributed by atoms with Crippen LogP contribution in [0.2, 0.25) is 0 Å². The van der Waals surface area contributed by atoms with Crippen molar-refractivity contribution in [3.8, 4) is 5.75 Å². The number of aliphatic hydroxyl groups is 1. The standard InChI is InChI=1S/C18H22F2N2O4/c1-10(23)21-15-6-12-8-22(9-13(12)7-16(15)24)17(25)11-3-2-4-14(5-11)26-18(19)20/h2-5,12-13,15-16,18,24H,6-9H2,1H3,(H,21,23)/t12-,13+,15-,16-/m1/s1. The first-order valence-corrected chi connectivity index (χ1v) is 8.62. The maximum atomic E-state index is 12.7. The Morgan fingerprint density at radius 3 is 2.62 bits per heavy atom. The third-order valence-corrected chi connectivity index (χ3v) is 5.12. The van der Waals surface area contributed by atoms with Gasteiger partial charge in [-0.3, -0.25) is 9.59 Å². The molecule has 1 aliphatic heterocycles. The highest BCUT2D eigenvalue weighted by molar-refractivity contribution is 5.94. The van der Waals surface area contributed by atoms with Gasteiger partial charge in [0.05, 0.1) is 12.1 Å². The number of fused-ring (bicyclic) bond motifs is 1. The van der Waals surface area contributed by atoms with Crippen molar-refractivity contribution in [1.29, 1.82) is 0 Å². The smallest absolute Gasteiger partial charge is 0.387 e. The van der Waals surface area contributed by atoms with Crippen LogP contribution in [0.15, 0.2) is 24.3 Å². The van der Waals surface area contributed by atoms with E-state index in [2.05, 4.69) is 10.1 Å². The Bertz CT molecular complexity index is 685. The Labute approximate surface area is 150 Å². The van der Waals surface area contributed by atoms with Crippen molar-refractivity contribution in [3.05, 3.63) is 29.8 Å². The summed E-state index contributed by atoms with van der Waals surface area (Å²) < 4.78 is 29.0. The summed E-state index contributed by atoms with van der Waals surface area (Å²) >= 11 is 0. The molecule has 8 heteroatoms. The Morgan fingerprint density at radius 2 is 1.96 bits per heavy atom. The van der Waals surface area contributed by atoms with Crippen molar-refractivity contribution in [1.82, 2.24) is 10.2 Å². The van der Waals surface area contributed by atoms with E-state index in [4.69, 9.17) is 0 Å². The fourth-order valence-corrected chi connectivity index (χ4v) is 4.00. The van der Waals surface area contributed by atoms with Gasteiger partial charge >= 0.3 is 6.61 Å². The molecule has 0 radical (unpaired) electrons. The van der Waals surface area contributed by atoms with Crippen LogP contribution >= 0.6 is 0 Å². The maximum absolute atomic E-state index is 12.7. The van der Waals surface area contributed by atoms with Gasteiger partial charge in [-0.1, -0.05) is 6.07 Å². The summed E-state index contributed by atoms with van der Waals surface area (Å²) in [4.78, 5) is 25.7. The van der Waals surface area contributed by atoms with E-state index >= 15 is 0 Å². The van der Waals surface area contributed by atoms with E-state index in [0.717, 1.165) is 0 Å². The molecule has 1 aliphatic carbocycles. The van der Waals surface area contributed by atoms with Gasteiger partial charge in [-0.2, -0.15) is 8.78 Å². The second kappa shape index (κ2) is 7.57. The summed E-state index contributed by atoms with van der Waals surface area (Å²) in [5.41, 5.74) is 0.292. The van der Waals surface area contributed by atoms with Crippen molar-refractivity contribution in [2.45, 2.75) is 38.5 Å². The predicted octanol–water partition coefficient (Wildman–Crippen LogP) is 1.64. The zero-order chi connectivity index (χ0) is 18.8. The summed E-state index contributed by atoms with van der Waals surface area (Å²) in [7, 11) is 0. The molecule has 0 spiro atoms. The molecule has 0 bridgehead atoms. The molecule has 1 saturated carbocycles. The van der Waals surface area contributed by atoms with Crippen molar-refractivity contribution < 1.29 is 28.2 Å². The van der Waals surface area contributed by atoms with Gasteiger partial charge in [0.1, 0.15) is 5.75 Å². The molecular formula is C18H22F2N2O4. The molecule has 26 heavy (non-hydrogen) atoms. The highest BCUT2D eigenvalue weighted by Crippen LogP contribution is 2.37. The highest BCUT2D eigenvalue weighted by atomic mass is 19.3. The van der Waals surface area contributed by atoms with Crippen molar-refractivity contribution in [2.75, 3.05) is 13.1 Å². The number of nitrogens with zero attached hydrogens (tertiary/aromatic N) is 1. The molecule has 142 valence electrons. The number of halogens is 2. The van der Waals surface area contributed by atoms with E-state index < -0.39 is 12.7 Å². The van der Waals surface area contributed by atoms with Crippen LogP contribution in [0.4, 0.5) is 8.78 Å². The number of likely N-dealkylation sites (tertiary alicyclic amines) is 1. The number of alkyl halides is 2. The quantitative estimate of drug-likeness (QED) is 0.847. The summed E-state index contributed by atoms with van der Waals surface area (Å²) in [6, 6.07) is 5.46. The average molecular weight is 368 g/mol. The van der Waals surface area contributed by atoms with Gasteiger partial charge in [0, 0.05) is 25.6 Å². The van der Waals surface area contributed by atoms with Crippen LogP contribution in [0.5, 0.6) is 5.75 Å². The first-order chi connectivity index (χ1) is 12.3. The lowest BCUT2D eigenvalue weighted by atomic mass is 9.77. The Kier molecular flexibility index (Phi) is 5.41. The van der Waals surface area contributed by atoms with E-state index in [1.807, 2.05) is 0 Å². The lowest BCUT2D eigenvalue weighted by molar-refractivity contribution is -0.121. The Morgan fingerprint density at radius 1 is 1.27 bits per heavy atom. The van der Waals surface area contributed by atoms with E-state index in [0.29, 0.717) is 31.5 Å². The summed E-state index contributed by atoms with van der Waals surface area (Å²) in [5.74, 6) is -0.123. The number of carbonyl (C=O) groups excluding carboxylic acids is 2. The first kappa shape index (κ1) is 18.6. The molecular weight excluding hydrogens is 346 g/mol. The SMILES string of the molecule is CC(=O)N[C@@H]1C[C@@H]2CN(C(=O)c3cccc(OC(F)F)c3)C[C@@H]2C[C@H]1O. The number of amides is 2. The van der Waals surface area contributed by atoms with E-state index in [-0.39, 0.29) is 35.4 Å². The number of carbonyl (C=O) groups is 2. The van der Waals surface area contributed by atoms with Gasteiger partial charge in [0.25, 0.3) is 5.91 Å². The van der Waals surface area contributed by atoms with E-state index in [1.54, 1.807) is 11.0 Å². The highest BCUT2D eigenvalue weighted by Gasteiger charge is 2.43. The number of nitrogens with one attached hydrogen (secondary N) is 1. The van der Waals surface area contributed by atoms with Crippen LogP contribution in [0.3, 0.4) is 0 Å². The minimum atomic E-state index is -2.94. The number of benzene rings is 1. The molecule has 2 fully saturated rings. The molecule has 1 saturated heterocycles. The number of ether oxygens (including phenoxy) is 1. The lowest BCUT2D eigenvalue weighted by Crippen LogP contribution is -2.48. The molecule has 1 aromatic rings. The predicted molar refractivity (Wildman–Crippen MR) is 88.8 cm³/mol. The minimum Gasteiger partial charge on any atom is -0.435 e. The molecule has 1 heterocycles. The molecule has 2 N–H and O–H groups in total. The maximum Gasteiger partial charge on any atom is 0.387 e. The van der Waals surface area contributed by atoms with Gasteiger partial charge in [-0.15, -0.1) is 0 Å². The Balaban J connectivity index is 1.67. The molecule has 6 nitrogen and oxygen atoms in total. The van der Waals surface area contributed by atoms with Gasteiger partial charge in [-0.25, -0.2) is 0 Å². The van der Waals surface area contributed by atoms with Gasteiger partial charge < -0.3 is 20.1 Å². The number of hydrogen-bond acceptors (Lipinski definition) is 4. The van der Waals surface area contributed by atoms with Crippen LogP contribution in [0.25, 0.3) is 0 Å². The van der Waals surface area contributed by atoms with E-state index in [1.165, 1.54) is 25.1 Å². The largest absolute Gasteiger partial charge is 0.435 e. The van der Waals surface area contributed by atoms with Gasteiger partial charge in [0.2, 0.25) is 5.91 Å². The van der Waals surface area contributed by atoms with Gasteiger partial charge in [0.15, 0.2) is 0 Å². The zero-order valence-corrected chi connectivity index (χ0v) is 14.4. The van der Waals surface area contributed by atoms with E-state index in [9.17, 15) is 23.5 Å². The van der Waals surface area contributed by atoms with Crippen molar-refractivity contribution in [3.63, 3.8) is 0 Å². The third kappa shape index (κ3) is 4.12. The lowest BCUT2D eigenvalue weighted by Gasteiger charge is -2.35. The fraction of sp³-hybridized carbons (Fsp3) is 0.556. The molecule has 3 rings (SSSR count). The second-order valence-electron chi connectivity index (χ2n) is 6.98. The van der Waals surface area contributed by atoms with Crippen LogP contribution in [0.1, 0.15) is 30.1 Å². The second-order valence-corrected chi connectivity index (χ2v) is 6.98. The minimum absolute atomic E-state index is 0.0522. The fourth-order valence-electron chi connectivity index (χ4n) is 4.00. The van der Waals surface area contributed by atoms with Crippen molar-refractivity contribution >= 4 is 11.8 Å². The summed E-state index contributed by atoms with van der Waals surface area (Å²) in [6.45, 7) is -0.501. The summed E-state index contributed by atoms with van der Waals surface area (Å²) in [6.07, 6.45) is 0.510. The summed E-state index contributed by atoms with van der Waals surface area (Å²) in [5, 5.41) is 13.0. The third-order valence-electron chi connectivity index (χ3n) is 5.12. The van der Waals surface area contributed by atoms with Crippen LogP contribution in [-0.4, -0.2) is 53.7 Å².